The van der Waals surface area contributed by atoms with Crippen LogP contribution in [0, 0.1) is 5.92 Å². The van der Waals surface area contributed by atoms with Crippen molar-refractivity contribution in [3.8, 4) is 0 Å². The molecule has 1 aromatic rings. The molecule has 2 atom stereocenters. The van der Waals surface area contributed by atoms with Gasteiger partial charge in [-0.2, -0.15) is 0 Å². The molecule has 0 amide bonds. The van der Waals surface area contributed by atoms with E-state index in [9.17, 15) is 4.79 Å². The van der Waals surface area contributed by atoms with E-state index in [4.69, 9.17) is 9.72 Å². The molecule has 0 radical (unpaired) electrons. The monoisotopic (exact) mass is 344 g/mol. The van der Waals surface area contributed by atoms with Gasteiger partial charge in [-0.3, -0.25) is 4.90 Å². The second kappa shape index (κ2) is 7.06. The van der Waals surface area contributed by atoms with Gasteiger partial charge >= 0.3 is 5.97 Å². The van der Waals surface area contributed by atoms with Crippen LogP contribution in [0.25, 0.3) is 0 Å². The number of aromatic nitrogens is 1. The Balaban J connectivity index is 2.07. The zero-order valence-electron chi connectivity index (χ0n) is 16.4. The van der Waals surface area contributed by atoms with E-state index in [2.05, 4.69) is 32.6 Å². The number of likely N-dealkylation sites (tertiary alicyclic amines) is 1. The molecule has 138 valence electrons. The lowest BCUT2D eigenvalue weighted by Gasteiger charge is -2.38. The number of carbonyl (C=O) groups excluding carboxylic acids is 1. The van der Waals surface area contributed by atoms with Crippen molar-refractivity contribution in [3.05, 3.63) is 28.6 Å². The van der Waals surface area contributed by atoms with Crippen molar-refractivity contribution < 1.29 is 9.53 Å². The van der Waals surface area contributed by atoms with Crippen molar-refractivity contribution in [3.63, 3.8) is 0 Å². The minimum atomic E-state index is -0.325. The average molecular weight is 344 g/mol. The summed E-state index contributed by atoms with van der Waals surface area (Å²) in [4.78, 5) is 19.6. The molecule has 1 aromatic heterocycles. The lowest BCUT2D eigenvalue weighted by molar-refractivity contribution is 0.0592. The molecule has 4 nitrogen and oxygen atoms in total. The maximum atomic E-state index is 12.2. The number of piperidine rings is 1. The fourth-order valence-corrected chi connectivity index (χ4v) is 4.66. The van der Waals surface area contributed by atoms with Crippen molar-refractivity contribution in [1.29, 1.82) is 0 Å². The number of hydrogen-bond acceptors (Lipinski definition) is 4. The molecule has 0 bridgehead atoms. The molecule has 1 saturated heterocycles. The first kappa shape index (κ1) is 18.4. The van der Waals surface area contributed by atoms with Crippen molar-refractivity contribution in [2.75, 3.05) is 20.2 Å². The van der Waals surface area contributed by atoms with Crippen LogP contribution in [0.2, 0.25) is 0 Å². The van der Waals surface area contributed by atoms with Gasteiger partial charge < -0.3 is 4.74 Å². The zero-order valence-corrected chi connectivity index (χ0v) is 16.4. The SMILES string of the molecule is CCC(c1cc(C(=O)OC)nc2c1CCC2(C)C)N1CCC[C@H](C)C1. The third-order valence-corrected chi connectivity index (χ3v) is 6.07. The number of rotatable bonds is 4. The minimum absolute atomic E-state index is 0.0294. The van der Waals surface area contributed by atoms with E-state index in [0.717, 1.165) is 44.0 Å². The Morgan fingerprint density at radius 2 is 2.24 bits per heavy atom. The van der Waals surface area contributed by atoms with E-state index >= 15 is 0 Å². The van der Waals surface area contributed by atoms with Crippen LogP contribution in [-0.4, -0.2) is 36.1 Å². The zero-order chi connectivity index (χ0) is 18.2. The molecular weight excluding hydrogens is 312 g/mol. The van der Waals surface area contributed by atoms with E-state index in [1.54, 1.807) is 0 Å². The smallest absolute Gasteiger partial charge is 0.356 e. The summed E-state index contributed by atoms with van der Waals surface area (Å²) in [6.45, 7) is 11.4. The van der Waals surface area contributed by atoms with Crippen LogP contribution in [0.3, 0.4) is 0 Å². The molecule has 1 aliphatic heterocycles. The highest BCUT2D eigenvalue weighted by atomic mass is 16.5. The van der Waals surface area contributed by atoms with Gasteiger partial charge in [0.25, 0.3) is 0 Å². The summed E-state index contributed by atoms with van der Waals surface area (Å²) in [5.41, 5.74) is 4.29. The summed E-state index contributed by atoms with van der Waals surface area (Å²) in [6.07, 6.45) is 5.80. The van der Waals surface area contributed by atoms with Gasteiger partial charge in [-0.15, -0.1) is 0 Å². The summed E-state index contributed by atoms with van der Waals surface area (Å²) in [6, 6.07) is 2.39. The van der Waals surface area contributed by atoms with Crippen molar-refractivity contribution in [2.24, 2.45) is 5.92 Å². The van der Waals surface area contributed by atoms with E-state index in [1.165, 1.54) is 31.1 Å². The maximum absolute atomic E-state index is 12.2. The normalized spacial score (nSPS) is 24.0. The molecule has 2 heterocycles. The molecule has 0 spiro atoms. The number of carbonyl (C=O) groups is 1. The van der Waals surface area contributed by atoms with Crippen molar-refractivity contribution in [2.45, 2.75) is 71.3 Å². The molecule has 3 rings (SSSR count). The van der Waals surface area contributed by atoms with Crippen molar-refractivity contribution in [1.82, 2.24) is 9.88 Å². The number of nitrogens with zero attached hydrogens (tertiary/aromatic N) is 2. The number of pyridine rings is 1. The second-order valence-corrected chi connectivity index (χ2v) is 8.47. The quantitative estimate of drug-likeness (QED) is 0.765. The third kappa shape index (κ3) is 3.46. The Bertz CT molecular complexity index is 654. The predicted molar refractivity (Wildman–Crippen MR) is 99.9 cm³/mol. The molecule has 0 aromatic carbocycles. The van der Waals surface area contributed by atoms with Gasteiger partial charge in [0.05, 0.1) is 12.8 Å². The van der Waals surface area contributed by atoms with Gasteiger partial charge in [-0.1, -0.05) is 27.7 Å². The lowest BCUT2D eigenvalue weighted by atomic mass is 9.88. The van der Waals surface area contributed by atoms with Crippen LogP contribution in [0.5, 0.6) is 0 Å². The lowest BCUT2D eigenvalue weighted by Crippen LogP contribution is -2.37. The third-order valence-electron chi connectivity index (χ3n) is 6.07. The van der Waals surface area contributed by atoms with Crippen molar-refractivity contribution >= 4 is 5.97 Å². The fourth-order valence-electron chi connectivity index (χ4n) is 4.66. The fraction of sp³-hybridized carbons (Fsp3) is 0.714. The first-order chi connectivity index (χ1) is 11.9. The summed E-state index contributed by atoms with van der Waals surface area (Å²) < 4.78 is 4.98. The van der Waals surface area contributed by atoms with Crippen LogP contribution in [0.4, 0.5) is 0 Å². The molecule has 25 heavy (non-hydrogen) atoms. The van der Waals surface area contributed by atoms with Gasteiger partial charge in [-0.25, -0.2) is 9.78 Å². The number of ether oxygens (including phenoxy) is 1. The Morgan fingerprint density at radius 3 is 2.88 bits per heavy atom. The van der Waals surface area contributed by atoms with Crippen LogP contribution in [0.1, 0.15) is 86.7 Å². The summed E-state index contributed by atoms with van der Waals surface area (Å²) >= 11 is 0. The largest absolute Gasteiger partial charge is 0.464 e. The first-order valence-corrected chi connectivity index (χ1v) is 9.74. The van der Waals surface area contributed by atoms with Crippen LogP contribution >= 0.6 is 0 Å². The topological polar surface area (TPSA) is 42.4 Å². The number of methoxy groups -OCH3 is 1. The molecule has 1 fully saturated rings. The van der Waals surface area contributed by atoms with Gasteiger partial charge in [0, 0.05) is 18.0 Å². The Hall–Kier alpha value is -1.42. The van der Waals surface area contributed by atoms with Gasteiger partial charge in [0.15, 0.2) is 0 Å². The van der Waals surface area contributed by atoms with Crippen LogP contribution < -0.4 is 0 Å². The Morgan fingerprint density at radius 1 is 1.48 bits per heavy atom. The molecule has 4 heteroatoms. The summed E-state index contributed by atoms with van der Waals surface area (Å²) in [7, 11) is 1.44. The highest BCUT2D eigenvalue weighted by Crippen LogP contribution is 2.42. The number of fused-ring (bicyclic) bond motifs is 1. The van der Waals surface area contributed by atoms with E-state index in [0.29, 0.717) is 11.7 Å². The highest BCUT2D eigenvalue weighted by Gasteiger charge is 2.37. The van der Waals surface area contributed by atoms with Gasteiger partial charge in [-0.05, 0) is 61.8 Å². The summed E-state index contributed by atoms with van der Waals surface area (Å²) in [5, 5.41) is 0. The Kier molecular flexibility index (Phi) is 5.19. The van der Waals surface area contributed by atoms with E-state index in [1.807, 2.05) is 6.07 Å². The standard InChI is InChI=1S/C21H32N2O2/c1-6-18(23-11-7-8-14(2)13-23)16-12-17(20(24)25-5)22-19-15(16)9-10-21(19,3)4/h12,14,18H,6-11,13H2,1-5H3/t14-,18?/m0/s1. The van der Waals surface area contributed by atoms with Crippen LogP contribution in [0.15, 0.2) is 6.07 Å². The molecule has 0 N–H and O–H groups in total. The minimum Gasteiger partial charge on any atom is -0.464 e. The van der Waals surface area contributed by atoms with Gasteiger partial charge in [0.2, 0.25) is 0 Å². The first-order valence-electron chi connectivity index (χ1n) is 9.74. The van der Waals surface area contributed by atoms with E-state index < -0.39 is 0 Å². The molecule has 2 aliphatic rings. The highest BCUT2D eigenvalue weighted by molar-refractivity contribution is 5.87. The predicted octanol–water partition coefficient (Wildman–Crippen LogP) is 4.28. The molecule has 1 unspecified atom stereocenters. The Labute approximate surface area is 152 Å². The van der Waals surface area contributed by atoms with Gasteiger partial charge in [0.1, 0.15) is 5.69 Å². The molecular formula is C21H32N2O2. The average Bonchev–Trinajstić information content (AvgIpc) is 2.90. The second-order valence-electron chi connectivity index (χ2n) is 8.47. The van der Waals surface area contributed by atoms with E-state index in [-0.39, 0.29) is 11.4 Å². The van der Waals surface area contributed by atoms with Crippen LogP contribution in [-0.2, 0) is 16.6 Å². The molecule has 1 aliphatic carbocycles. The number of esters is 1. The maximum Gasteiger partial charge on any atom is 0.356 e. The number of hydrogen-bond donors (Lipinski definition) is 0. The molecule has 0 saturated carbocycles. The summed E-state index contributed by atoms with van der Waals surface area (Å²) in [5.74, 6) is 0.419.